The number of ketones is 2. The Balaban J connectivity index is 1.82. The van der Waals surface area contributed by atoms with Crippen molar-refractivity contribution in [3.8, 4) is 11.3 Å². The van der Waals surface area contributed by atoms with E-state index in [2.05, 4.69) is 4.90 Å². The molecule has 4 rings (SSSR count). The number of morpholine rings is 1. The molecule has 25 heavy (non-hydrogen) atoms. The van der Waals surface area contributed by atoms with Crippen LogP contribution in [0.3, 0.4) is 0 Å². The number of hydrogen-bond acceptors (Lipinski definition) is 5. The summed E-state index contributed by atoms with van der Waals surface area (Å²) in [6.07, 6.45) is 0. The molecule has 1 aliphatic heterocycles. The number of rotatable bonds is 2. The van der Waals surface area contributed by atoms with Crippen LogP contribution in [0.2, 0.25) is 0 Å². The Bertz CT molecular complexity index is 888. The third-order valence-corrected chi connectivity index (χ3v) is 5.27. The van der Waals surface area contributed by atoms with Crippen molar-refractivity contribution in [1.82, 2.24) is 4.90 Å². The van der Waals surface area contributed by atoms with Crippen LogP contribution in [0.15, 0.2) is 16.5 Å². The van der Waals surface area contributed by atoms with Gasteiger partial charge >= 0.3 is 0 Å². The van der Waals surface area contributed by atoms with E-state index in [-0.39, 0.29) is 0 Å². The predicted molar refractivity (Wildman–Crippen MR) is 93.1 cm³/mol. The van der Waals surface area contributed by atoms with E-state index in [1.807, 2.05) is 26.8 Å². The van der Waals surface area contributed by atoms with E-state index in [1.165, 1.54) is 0 Å². The van der Waals surface area contributed by atoms with E-state index in [9.17, 15) is 9.59 Å². The number of ether oxygens (including phenoxy) is 1. The number of furan rings is 1. The normalized spacial score (nSPS) is 17.6. The Kier molecular flexibility index (Phi) is 3.85. The molecule has 1 saturated heterocycles. The molecule has 1 aromatic carbocycles. The molecule has 0 saturated carbocycles. The van der Waals surface area contributed by atoms with Crippen LogP contribution < -0.4 is 0 Å². The van der Waals surface area contributed by atoms with Crippen molar-refractivity contribution < 1.29 is 18.7 Å². The molecule has 0 spiro atoms. The number of carbonyl (C=O) groups excluding carboxylic acids is 2. The maximum absolute atomic E-state index is 12.7. The number of hydrogen-bond donors (Lipinski definition) is 0. The van der Waals surface area contributed by atoms with Gasteiger partial charge in [0.15, 0.2) is 0 Å². The van der Waals surface area contributed by atoms with Crippen LogP contribution >= 0.6 is 0 Å². The highest BCUT2D eigenvalue weighted by Gasteiger charge is 2.36. The van der Waals surface area contributed by atoms with E-state index < -0.39 is 11.6 Å². The maximum atomic E-state index is 12.7. The van der Waals surface area contributed by atoms with Crippen LogP contribution in [0.1, 0.15) is 43.2 Å². The number of benzene rings is 1. The van der Waals surface area contributed by atoms with Crippen LogP contribution in [-0.4, -0.2) is 42.8 Å². The number of fused-ring (bicyclic) bond motifs is 3. The lowest BCUT2D eigenvalue weighted by molar-refractivity contribution is 0.0313. The Morgan fingerprint density at radius 2 is 1.60 bits per heavy atom. The minimum Gasteiger partial charge on any atom is -0.459 e. The molecule has 0 N–H and O–H groups in total. The van der Waals surface area contributed by atoms with Gasteiger partial charge in [-0.2, -0.15) is 0 Å². The number of carbonyl (C=O) groups is 2. The van der Waals surface area contributed by atoms with Crippen molar-refractivity contribution in [3.63, 3.8) is 0 Å². The van der Waals surface area contributed by atoms with Gasteiger partial charge in [-0.15, -0.1) is 0 Å². The van der Waals surface area contributed by atoms with Gasteiger partial charge in [0, 0.05) is 29.8 Å². The second kappa shape index (κ2) is 5.93. The van der Waals surface area contributed by atoms with Crippen molar-refractivity contribution in [3.05, 3.63) is 45.7 Å². The number of nitrogens with zero attached hydrogens (tertiary/aromatic N) is 1. The molecular weight excluding hydrogens is 318 g/mol. The Hall–Kier alpha value is -2.24. The molecule has 5 heteroatoms. The summed E-state index contributed by atoms with van der Waals surface area (Å²) in [7, 11) is 0. The standard InChI is InChI=1S/C20H21NO4/c1-11-8-14-15(9-12(11)2)20-17(19(23)18(14)22)13(3)16(25-20)10-21-4-6-24-7-5-21/h8-9H,4-7,10H2,1-3H3. The van der Waals surface area contributed by atoms with Gasteiger partial charge in [-0.25, -0.2) is 0 Å². The third-order valence-electron chi connectivity index (χ3n) is 5.27. The topological polar surface area (TPSA) is 59.8 Å². The second-order valence-corrected chi connectivity index (χ2v) is 6.88. The molecule has 130 valence electrons. The molecule has 1 aromatic heterocycles. The molecule has 0 unspecified atom stereocenters. The summed E-state index contributed by atoms with van der Waals surface area (Å²) in [5, 5.41) is 0. The fourth-order valence-corrected chi connectivity index (χ4v) is 3.56. The number of Topliss-reactive ketones (excluding diaryl/α,β-unsaturated/α-hetero) is 2. The van der Waals surface area contributed by atoms with Crippen molar-refractivity contribution in [2.75, 3.05) is 26.3 Å². The average Bonchev–Trinajstić information content (AvgIpc) is 2.92. The summed E-state index contributed by atoms with van der Waals surface area (Å²) in [6.45, 7) is 9.54. The summed E-state index contributed by atoms with van der Waals surface area (Å²) in [4.78, 5) is 27.5. The first kappa shape index (κ1) is 16.2. The summed E-state index contributed by atoms with van der Waals surface area (Å²) < 4.78 is 11.5. The van der Waals surface area contributed by atoms with Crippen molar-refractivity contribution >= 4 is 11.6 Å². The number of aryl methyl sites for hydroxylation is 2. The maximum Gasteiger partial charge on any atom is 0.237 e. The largest absolute Gasteiger partial charge is 0.459 e. The first-order chi connectivity index (χ1) is 12.0. The lowest BCUT2D eigenvalue weighted by Gasteiger charge is -2.25. The fraction of sp³-hybridized carbons (Fsp3) is 0.400. The summed E-state index contributed by atoms with van der Waals surface area (Å²) in [5.41, 5.74) is 4.48. The Morgan fingerprint density at radius 3 is 2.28 bits per heavy atom. The molecule has 2 aromatic rings. The molecule has 0 bridgehead atoms. The van der Waals surface area contributed by atoms with Gasteiger partial charge in [0.1, 0.15) is 11.5 Å². The van der Waals surface area contributed by atoms with Crippen LogP contribution in [0, 0.1) is 20.8 Å². The molecule has 0 amide bonds. The lowest BCUT2D eigenvalue weighted by atomic mass is 9.85. The molecular formula is C20H21NO4. The summed E-state index contributed by atoms with van der Waals surface area (Å²) in [5.74, 6) is 0.412. The summed E-state index contributed by atoms with van der Waals surface area (Å²) >= 11 is 0. The Morgan fingerprint density at radius 1 is 0.960 bits per heavy atom. The van der Waals surface area contributed by atoms with Crippen molar-refractivity contribution in [2.24, 2.45) is 0 Å². The van der Waals surface area contributed by atoms with Crippen LogP contribution in [0.4, 0.5) is 0 Å². The van der Waals surface area contributed by atoms with Gasteiger partial charge in [-0.1, -0.05) is 0 Å². The third kappa shape index (κ3) is 2.55. The molecule has 5 nitrogen and oxygen atoms in total. The highest BCUT2D eigenvalue weighted by atomic mass is 16.5. The van der Waals surface area contributed by atoms with Gasteiger partial charge in [0.25, 0.3) is 0 Å². The fourth-order valence-electron chi connectivity index (χ4n) is 3.56. The average molecular weight is 339 g/mol. The van der Waals surface area contributed by atoms with E-state index in [1.54, 1.807) is 6.07 Å². The lowest BCUT2D eigenvalue weighted by Crippen LogP contribution is -2.35. The predicted octanol–water partition coefficient (Wildman–Crippen LogP) is 3.08. The monoisotopic (exact) mass is 339 g/mol. The van der Waals surface area contributed by atoms with Crippen molar-refractivity contribution in [2.45, 2.75) is 27.3 Å². The van der Waals surface area contributed by atoms with E-state index >= 15 is 0 Å². The van der Waals surface area contributed by atoms with Gasteiger partial charge in [0.05, 0.1) is 25.3 Å². The SMILES string of the molecule is Cc1cc2c(cc1C)-c1oc(CN3CCOCC3)c(C)c1C(=O)C2=O. The van der Waals surface area contributed by atoms with Crippen molar-refractivity contribution in [1.29, 1.82) is 0 Å². The minimum absolute atomic E-state index is 0.434. The molecule has 0 radical (unpaired) electrons. The smallest absolute Gasteiger partial charge is 0.237 e. The van der Waals surface area contributed by atoms with Gasteiger partial charge in [0.2, 0.25) is 11.6 Å². The zero-order valence-electron chi connectivity index (χ0n) is 14.8. The van der Waals surface area contributed by atoms with Crippen LogP contribution in [-0.2, 0) is 11.3 Å². The Labute approximate surface area is 146 Å². The minimum atomic E-state index is -0.458. The zero-order valence-corrected chi connectivity index (χ0v) is 14.8. The quantitative estimate of drug-likeness (QED) is 0.787. The first-order valence-corrected chi connectivity index (χ1v) is 8.60. The molecule has 1 aliphatic carbocycles. The van der Waals surface area contributed by atoms with Crippen LogP contribution in [0.25, 0.3) is 11.3 Å². The molecule has 2 aliphatic rings. The van der Waals surface area contributed by atoms with Gasteiger partial charge in [-0.05, 0) is 44.0 Å². The van der Waals surface area contributed by atoms with Crippen LogP contribution in [0.5, 0.6) is 0 Å². The van der Waals surface area contributed by atoms with Gasteiger partial charge in [-0.3, -0.25) is 14.5 Å². The highest BCUT2D eigenvalue weighted by Crippen LogP contribution is 2.39. The summed E-state index contributed by atoms with van der Waals surface area (Å²) in [6, 6.07) is 3.75. The molecule has 2 heterocycles. The second-order valence-electron chi connectivity index (χ2n) is 6.88. The van der Waals surface area contributed by atoms with E-state index in [4.69, 9.17) is 9.15 Å². The highest BCUT2D eigenvalue weighted by molar-refractivity contribution is 6.53. The van der Waals surface area contributed by atoms with E-state index in [0.29, 0.717) is 36.6 Å². The molecule has 0 atom stereocenters. The van der Waals surface area contributed by atoms with E-state index in [0.717, 1.165) is 41.1 Å². The first-order valence-electron chi connectivity index (χ1n) is 8.60. The van der Waals surface area contributed by atoms with Gasteiger partial charge < -0.3 is 9.15 Å². The molecule has 1 fully saturated rings. The zero-order chi connectivity index (χ0) is 17.7.